The summed E-state index contributed by atoms with van der Waals surface area (Å²) in [4.78, 5) is 14.4. The first-order valence-electron chi connectivity index (χ1n) is 8.17. The minimum absolute atomic E-state index is 0.258. The second-order valence-electron chi connectivity index (χ2n) is 7.27. The lowest BCUT2D eigenvalue weighted by atomic mass is 10.1. The molecule has 0 aromatic rings. The Morgan fingerprint density at radius 1 is 1.10 bits per heavy atom. The van der Waals surface area contributed by atoms with Gasteiger partial charge in [-0.3, -0.25) is 4.90 Å². The Labute approximate surface area is 123 Å². The van der Waals surface area contributed by atoms with Crippen molar-refractivity contribution in [3.05, 3.63) is 0 Å². The molecule has 116 valence electrons. The van der Waals surface area contributed by atoms with Gasteiger partial charge in [0.1, 0.15) is 5.60 Å². The number of nitrogens with one attached hydrogen (secondary N) is 1. The highest BCUT2D eigenvalue weighted by Crippen LogP contribution is 2.25. The van der Waals surface area contributed by atoms with Crippen LogP contribution in [0.4, 0.5) is 4.79 Å². The van der Waals surface area contributed by atoms with Crippen molar-refractivity contribution < 1.29 is 9.53 Å². The number of alkyl carbamates (subject to hydrolysis) is 1. The van der Waals surface area contributed by atoms with Crippen LogP contribution in [0.1, 0.15) is 65.7 Å². The van der Waals surface area contributed by atoms with E-state index in [1.165, 1.54) is 38.5 Å². The van der Waals surface area contributed by atoms with E-state index >= 15 is 0 Å². The van der Waals surface area contributed by atoms with Crippen molar-refractivity contribution in [2.75, 3.05) is 13.1 Å². The number of rotatable bonds is 2. The molecule has 0 aromatic heterocycles. The average molecular weight is 282 g/mol. The van der Waals surface area contributed by atoms with Crippen molar-refractivity contribution in [2.45, 2.75) is 83.4 Å². The lowest BCUT2D eigenvalue weighted by Gasteiger charge is -2.27. The molecular formula is C16H30N2O2. The second kappa shape index (κ2) is 6.79. The molecule has 0 radical (unpaired) electrons. The van der Waals surface area contributed by atoms with Crippen molar-refractivity contribution in [3.8, 4) is 0 Å². The fourth-order valence-electron chi connectivity index (χ4n) is 3.33. The molecule has 1 amide bonds. The third-order valence-electron chi connectivity index (χ3n) is 4.28. The van der Waals surface area contributed by atoms with Crippen LogP contribution >= 0.6 is 0 Å². The molecule has 1 saturated heterocycles. The van der Waals surface area contributed by atoms with E-state index < -0.39 is 5.60 Å². The van der Waals surface area contributed by atoms with Gasteiger partial charge in [-0.2, -0.15) is 0 Å². The second-order valence-corrected chi connectivity index (χ2v) is 7.27. The summed E-state index contributed by atoms with van der Waals surface area (Å²) in [5, 5.41) is 3.02. The van der Waals surface area contributed by atoms with Crippen LogP contribution in [0.2, 0.25) is 0 Å². The molecule has 0 unspecified atom stereocenters. The summed E-state index contributed by atoms with van der Waals surface area (Å²) in [6.45, 7) is 7.81. The topological polar surface area (TPSA) is 41.6 Å². The molecule has 20 heavy (non-hydrogen) atoms. The first-order valence-corrected chi connectivity index (χ1v) is 8.17. The van der Waals surface area contributed by atoms with E-state index in [1.54, 1.807) is 0 Å². The Morgan fingerprint density at radius 3 is 2.35 bits per heavy atom. The average Bonchev–Trinajstić information content (AvgIpc) is 2.61. The van der Waals surface area contributed by atoms with Crippen LogP contribution in [-0.4, -0.2) is 41.8 Å². The number of likely N-dealkylation sites (tertiary alicyclic amines) is 1. The number of amides is 1. The van der Waals surface area contributed by atoms with Gasteiger partial charge in [-0.25, -0.2) is 4.79 Å². The Hall–Kier alpha value is -0.770. The predicted octanol–water partition coefficient (Wildman–Crippen LogP) is 3.31. The zero-order valence-electron chi connectivity index (χ0n) is 13.3. The van der Waals surface area contributed by atoms with Gasteiger partial charge in [0.15, 0.2) is 0 Å². The van der Waals surface area contributed by atoms with E-state index in [0.717, 1.165) is 25.6 Å². The van der Waals surface area contributed by atoms with Crippen molar-refractivity contribution in [3.63, 3.8) is 0 Å². The van der Waals surface area contributed by atoms with Gasteiger partial charge in [-0.15, -0.1) is 0 Å². The molecule has 1 N–H and O–H groups in total. The standard InChI is InChI=1S/C16H30N2O2/c1-16(2,3)20-15(19)17-13-10-11-18(12-13)14-8-6-4-5-7-9-14/h13-14H,4-12H2,1-3H3,(H,17,19)/t13-/m0/s1. The molecule has 1 aliphatic heterocycles. The Bertz CT molecular complexity index is 317. The molecule has 1 heterocycles. The van der Waals surface area contributed by atoms with Gasteiger partial charge in [0, 0.05) is 25.2 Å². The maximum Gasteiger partial charge on any atom is 0.407 e. The van der Waals surface area contributed by atoms with Crippen molar-refractivity contribution in [1.82, 2.24) is 10.2 Å². The highest BCUT2D eigenvalue weighted by molar-refractivity contribution is 5.68. The lowest BCUT2D eigenvalue weighted by Crippen LogP contribution is -2.42. The summed E-state index contributed by atoms with van der Waals surface area (Å²) in [6.07, 6.45) is 8.96. The summed E-state index contributed by atoms with van der Waals surface area (Å²) < 4.78 is 5.33. The van der Waals surface area contributed by atoms with Crippen LogP contribution in [0, 0.1) is 0 Å². The normalized spacial score (nSPS) is 26.2. The quantitative estimate of drug-likeness (QED) is 0.790. The van der Waals surface area contributed by atoms with Crippen LogP contribution in [0.3, 0.4) is 0 Å². The first-order chi connectivity index (χ1) is 9.44. The van der Waals surface area contributed by atoms with Crippen molar-refractivity contribution >= 4 is 6.09 Å². The fraction of sp³-hybridized carbons (Fsp3) is 0.938. The molecule has 2 aliphatic rings. The molecule has 1 aliphatic carbocycles. The molecular weight excluding hydrogens is 252 g/mol. The number of nitrogens with zero attached hydrogens (tertiary/aromatic N) is 1. The molecule has 0 spiro atoms. The van der Waals surface area contributed by atoms with Crippen LogP contribution in [0.5, 0.6) is 0 Å². The van der Waals surface area contributed by atoms with Gasteiger partial charge in [0.25, 0.3) is 0 Å². The molecule has 1 atom stereocenters. The number of hydrogen-bond donors (Lipinski definition) is 1. The summed E-state index contributed by atoms with van der Waals surface area (Å²) in [6, 6.07) is 0.996. The highest BCUT2D eigenvalue weighted by Gasteiger charge is 2.30. The van der Waals surface area contributed by atoms with Gasteiger partial charge < -0.3 is 10.1 Å². The third-order valence-corrected chi connectivity index (χ3v) is 4.28. The smallest absolute Gasteiger partial charge is 0.407 e. The van der Waals surface area contributed by atoms with Crippen LogP contribution in [-0.2, 0) is 4.74 Å². The minimum atomic E-state index is -0.413. The first kappa shape index (κ1) is 15.6. The number of ether oxygens (including phenoxy) is 1. The zero-order valence-corrected chi connectivity index (χ0v) is 13.3. The van der Waals surface area contributed by atoms with Crippen LogP contribution in [0.25, 0.3) is 0 Å². The van der Waals surface area contributed by atoms with Crippen LogP contribution in [0.15, 0.2) is 0 Å². The number of hydrogen-bond acceptors (Lipinski definition) is 3. The third kappa shape index (κ3) is 4.97. The molecule has 2 rings (SSSR count). The van der Waals surface area contributed by atoms with E-state index in [-0.39, 0.29) is 12.1 Å². The number of carbonyl (C=O) groups is 1. The van der Waals surface area contributed by atoms with Crippen LogP contribution < -0.4 is 5.32 Å². The largest absolute Gasteiger partial charge is 0.444 e. The lowest BCUT2D eigenvalue weighted by molar-refractivity contribution is 0.0504. The van der Waals surface area contributed by atoms with E-state index in [1.807, 2.05) is 20.8 Å². The van der Waals surface area contributed by atoms with Crippen molar-refractivity contribution in [2.24, 2.45) is 0 Å². The molecule has 4 heteroatoms. The minimum Gasteiger partial charge on any atom is -0.444 e. The fourth-order valence-corrected chi connectivity index (χ4v) is 3.33. The Balaban J connectivity index is 1.75. The van der Waals surface area contributed by atoms with Gasteiger partial charge in [0.2, 0.25) is 0 Å². The maximum atomic E-state index is 11.8. The molecule has 2 fully saturated rings. The summed E-state index contributed by atoms with van der Waals surface area (Å²) >= 11 is 0. The number of carbonyl (C=O) groups excluding carboxylic acids is 1. The SMILES string of the molecule is CC(C)(C)OC(=O)N[C@H]1CCN(C2CCCCCC2)C1. The Morgan fingerprint density at radius 2 is 1.75 bits per heavy atom. The molecule has 0 aromatic carbocycles. The van der Waals surface area contributed by atoms with E-state index in [4.69, 9.17) is 4.74 Å². The Kier molecular flexibility index (Phi) is 5.30. The highest BCUT2D eigenvalue weighted by atomic mass is 16.6. The summed E-state index contributed by atoms with van der Waals surface area (Å²) in [5.41, 5.74) is -0.413. The summed E-state index contributed by atoms with van der Waals surface area (Å²) in [7, 11) is 0. The predicted molar refractivity (Wildman–Crippen MR) is 80.8 cm³/mol. The van der Waals surface area contributed by atoms with Gasteiger partial charge in [-0.1, -0.05) is 25.7 Å². The van der Waals surface area contributed by atoms with Crippen molar-refractivity contribution in [1.29, 1.82) is 0 Å². The molecule has 0 bridgehead atoms. The van der Waals surface area contributed by atoms with Gasteiger partial charge in [-0.05, 0) is 40.0 Å². The monoisotopic (exact) mass is 282 g/mol. The molecule has 1 saturated carbocycles. The van der Waals surface area contributed by atoms with E-state index in [2.05, 4.69) is 10.2 Å². The molecule has 4 nitrogen and oxygen atoms in total. The summed E-state index contributed by atoms with van der Waals surface area (Å²) in [5.74, 6) is 0. The maximum absolute atomic E-state index is 11.8. The van der Waals surface area contributed by atoms with E-state index in [9.17, 15) is 4.79 Å². The van der Waals surface area contributed by atoms with E-state index in [0.29, 0.717) is 0 Å². The van der Waals surface area contributed by atoms with Gasteiger partial charge in [0.05, 0.1) is 0 Å². The zero-order chi connectivity index (χ0) is 14.6. The van der Waals surface area contributed by atoms with Gasteiger partial charge >= 0.3 is 6.09 Å².